The maximum absolute atomic E-state index is 9.86. The van der Waals surface area contributed by atoms with Gasteiger partial charge >= 0.3 is 0 Å². The predicted molar refractivity (Wildman–Crippen MR) is 81.9 cm³/mol. The van der Waals surface area contributed by atoms with Gasteiger partial charge in [0.05, 0.1) is 19.3 Å². The van der Waals surface area contributed by atoms with E-state index in [1.54, 1.807) is 0 Å². The highest BCUT2D eigenvalue weighted by Gasteiger charge is 2.23. The Hall–Kier alpha value is -0.610. The molecule has 0 amide bonds. The van der Waals surface area contributed by atoms with Gasteiger partial charge in [-0.25, -0.2) is 0 Å². The van der Waals surface area contributed by atoms with Gasteiger partial charge in [0.15, 0.2) is 0 Å². The Balaban J connectivity index is 1.55. The molecule has 1 aromatic carbocycles. The first kappa shape index (κ1) is 15.8. The number of benzene rings is 1. The van der Waals surface area contributed by atoms with Crippen molar-refractivity contribution >= 4 is 11.6 Å². The number of rotatable bonds is 9. The van der Waals surface area contributed by atoms with Crippen LogP contribution in [0.25, 0.3) is 0 Å². The van der Waals surface area contributed by atoms with Crippen LogP contribution in [-0.4, -0.2) is 30.4 Å². The maximum Gasteiger partial charge on any atom is 0.0897 e. The average Bonchev–Trinajstić information content (AvgIpc) is 3.23. The lowest BCUT2D eigenvalue weighted by molar-refractivity contribution is 0.0276. The fraction of sp³-hybridized carbons (Fsp3) is 0.625. The molecule has 1 aliphatic carbocycles. The standard InChI is InChI=1S/C16H24ClNO2/c1-12(8-13-2-3-13)18-9-16(19)11-20-10-14-4-6-15(17)7-5-14/h4-7,12-13,16,18-19H,2-3,8-11H2,1H3. The van der Waals surface area contributed by atoms with Crippen molar-refractivity contribution < 1.29 is 9.84 Å². The lowest BCUT2D eigenvalue weighted by Gasteiger charge is -2.17. The quantitative estimate of drug-likeness (QED) is 0.736. The Morgan fingerprint density at radius 1 is 1.35 bits per heavy atom. The van der Waals surface area contributed by atoms with E-state index in [1.165, 1.54) is 19.3 Å². The molecule has 1 saturated carbocycles. The van der Waals surface area contributed by atoms with Gasteiger partial charge in [-0.1, -0.05) is 36.6 Å². The summed E-state index contributed by atoms with van der Waals surface area (Å²) in [5.41, 5.74) is 1.07. The Morgan fingerprint density at radius 3 is 2.70 bits per heavy atom. The van der Waals surface area contributed by atoms with Crippen molar-refractivity contribution in [2.45, 2.75) is 44.9 Å². The van der Waals surface area contributed by atoms with Crippen LogP contribution in [0.3, 0.4) is 0 Å². The number of halogens is 1. The molecule has 2 rings (SSSR count). The van der Waals surface area contributed by atoms with Gasteiger partial charge in [0.25, 0.3) is 0 Å². The van der Waals surface area contributed by atoms with Gasteiger partial charge in [0.2, 0.25) is 0 Å². The van der Waals surface area contributed by atoms with Gasteiger partial charge in [-0.15, -0.1) is 0 Å². The molecule has 2 atom stereocenters. The summed E-state index contributed by atoms with van der Waals surface area (Å²) in [6, 6.07) is 8.04. The summed E-state index contributed by atoms with van der Waals surface area (Å²) in [6.45, 7) is 3.63. The third kappa shape index (κ3) is 6.23. The first-order chi connectivity index (χ1) is 9.63. The first-order valence-corrected chi connectivity index (χ1v) is 7.75. The molecule has 0 radical (unpaired) electrons. The van der Waals surface area contributed by atoms with Crippen molar-refractivity contribution in [2.75, 3.05) is 13.2 Å². The summed E-state index contributed by atoms with van der Waals surface area (Å²) < 4.78 is 5.51. The Bertz CT molecular complexity index is 392. The molecule has 4 heteroatoms. The summed E-state index contributed by atoms with van der Waals surface area (Å²) in [7, 11) is 0. The Kier molecular flexibility index (Phi) is 6.30. The molecule has 0 aliphatic heterocycles. The largest absolute Gasteiger partial charge is 0.389 e. The van der Waals surface area contributed by atoms with Gasteiger partial charge in [0, 0.05) is 17.6 Å². The molecule has 20 heavy (non-hydrogen) atoms. The molecule has 0 spiro atoms. The molecule has 1 aromatic rings. The number of aliphatic hydroxyl groups excluding tert-OH is 1. The maximum atomic E-state index is 9.86. The zero-order valence-corrected chi connectivity index (χ0v) is 12.8. The molecule has 112 valence electrons. The van der Waals surface area contributed by atoms with E-state index in [9.17, 15) is 5.11 Å². The smallest absolute Gasteiger partial charge is 0.0897 e. The fourth-order valence-electron chi connectivity index (χ4n) is 2.23. The summed E-state index contributed by atoms with van der Waals surface area (Å²) in [4.78, 5) is 0. The van der Waals surface area contributed by atoms with Crippen molar-refractivity contribution in [3.63, 3.8) is 0 Å². The molecule has 0 bridgehead atoms. The van der Waals surface area contributed by atoms with E-state index in [0.717, 1.165) is 16.5 Å². The molecular weight excluding hydrogens is 274 g/mol. The van der Waals surface area contributed by atoms with Crippen molar-refractivity contribution in [3.05, 3.63) is 34.9 Å². The minimum absolute atomic E-state index is 0.353. The molecule has 0 saturated heterocycles. The van der Waals surface area contributed by atoms with E-state index < -0.39 is 6.10 Å². The highest BCUT2D eigenvalue weighted by atomic mass is 35.5. The van der Waals surface area contributed by atoms with Crippen molar-refractivity contribution in [2.24, 2.45) is 5.92 Å². The van der Waals surface area contributed by atoms with Gasteiger partial charge in [0.1, 0.15) is 0 Å². The summed E-state index contributed by atoms with van der Waals surface area (Å²) in [6.07, 6.45) is 3.51. The fourth-order valence-corrected chi connectivity index (χ4v) is 2.35. The highest BCUT2D eigenvalue weighted by Crippen LogP contribution is 2.33. The van der Waals surface area contributed by atoms with Gasteiger partial charge in [-0.05, 0) is 37.0 Å². The monoisotopic (exact) mass is 297 g/mol. The molecular formula is C16H24ClNO2. The van der Waals surface area contributed by atoms with Crippen LogP contribution < -0.4 is 5.32 Å². The zero-order chi connectivity index (χ0) is 14.4. The number of hydrogen-bond acceptors (Lipinski definition) is 3. The molecule has 2 unspecified atom stereocenters. The minimum Gasteiger partial charge on any atom is -0.389 e. The number of nitrogens with one attached hydrogen (secondary N) is 1. The van der Waals surface area contributed by atoms with Gasteiger partial charge in [-0.2, -0.15) is 0 Å². The summed E-state index contributed by atoms with van der Waals surface area (Å²) in [5, 5.41) is 13.9. The zero-order valence-electron chi connectivity index (χ0n) is 12.0. The van der Waals surface area contributed by atoms with E-state index in [4.69, 9.17) is 16.3 Å². The van der Waals surface area contributed by atoms with Crippen LogP contribution in [0.1, 0.15) is 31.7 Å². The highest BCUT2D eigenvalue weighted by molar-refractivity contribution is 6.30. The third-order valence-electron chi connectivity index (χ3n) is 3.58. The molecule has 0 heterocycles. The van der Waals surface area contributed by atoms with Crippen LogP contribution in [-0.2, 0) is 11.3 Å². The minimum atomic E-state index is -0.455. The van der Waals surface area contributed by atoms with Crippen molar-refractivity contribution in [3.8, 4) is 0 Å². The van der Waals surface area contributed by atoms with E-state index in [0.29, 0.717) is 25.8 Å². The van der Waals surface area contributed by atoms with E-state index >= 15 is 0 Å². The van der Waals surface area contributed by atoms with Crippen LogP contribution in [0.15, 0.2) is 24.3 Å². The van der Waals surface area contributed by atoms with Crippen LogP contribution >= 0.6 is 11.6 Å². The lowest BCUT2D eigenvalue weighted by Crippen LogP contribution is -2.36. The molecule has 1 aliphatic rings. The molecule has 1 fully saturated rings. The number of hydrogen-bond donors (Lipinski definition) is 2. The lowest BCUT2D eigenvalue weighted by atomic mass is 10.1. The molecule has 3 nitrogen and oxygen atoms in total. The Labute approximate surface area is 126 Å². The van der Waals surface area contributed by atoms with Crippen LogP contribution in [0, 0.1) is 5.92 Å². The topological polar surface area (TPSA) is 41.5 Å². The van der Waals surface area contributed by atoms with Gasteiger partial charge in [-0.3, -0.25) is 0 Å². The number of aliphatic hydroxyl groups is 1. The summed E-state index contributed by atoms with van der Waals surface area (Å²) >= 11 is 5.82. The second-order valence-electron chi connectivity index (χ2n) is 5.78. The SMILES string of the molecule is CC(CC1CC1)NCC(O)COCc1ccc(Cl)cc1. The Morgan fingerprint density at radius 2 is 2.05 bits per heavy atom. The van der Waals surface area contributed by atoms with Crippen molar-refractivity contribution in [1.82, 2.24) is 5.32 Å². The predicted octanol–water partition coefficient (Wildman–Crippen LogP) is 3.00. The van der Waals surface area contributed by atoms with E-state index in [-0.39, 0.29) is 0 Å². The normalized spacial score (nSPS) is 17.9. The third-order valence-corrected chi connectivity index (χ3v) is 3.83. The second-order valence-corrected chi connectivity index (χ2v) is 6.22. The second kappa shape index (κ2) is 7.99. The van der Waals surface area contributed by atoms with Crippen LogP contribution in [0.4, 0.5) is 0 Å². The van der Waals surface area contributed by atoms with Crippen LogP contribution in [0.2, 0.25) is 5.02 Å². The first-order valence-electron chi connectivity index (χ1n) is 7.37. The molecule has 2 N–H and O–H groups in total. The van der Waals surface area contributed by atoms with Crippen molar-refractivity contribution in [1.29, 1.82) is 0 Å². The summed E-state index contributed by atoms with van der Waals surface area (Å²) in [5.74, 6) is 0.913. The average molecular weight is 298 g/mol. The number of ether oxygens (including phenoxy) is 1. The van der Waals surface area contributed by atoms with E-state index in [1.807, 2.05) is 24.3 Å². The van der Waals surface area contributed by atoms with E-state index in [2.05, 4.69) is 12.2 Å². The van der Waals surface area contributed by atoms with Gasteiger partial charge < -0.3 is 15.2 Å². The van der Waals surface area contributed by atoms with Crippen LogP contribution in [0.5, 0.6) is 0 Å². The molecule has 0 aromatic heterocycles.